The van der Waals surface area contributed by atoms with E-state index >= 15 is 0 Å². The van der Waals surface area contributed by atoms with E-state index in [0.29, 0.717) is 5.92 Å². The summed E-state index contributed by atoms with van der Waals surface area (Å²) in [5, 5.41) is 11.3. The van der Waals surface area contributed by atoms with Gasteiger partial charge in [-0.1, -0.05) is 45.0 Å². The standard InChI is InChI=1S/C21H33NO3/c1-15(2)9-12-21(24,18-7-5-4-6-8-18)20(23)25-19-16(3)22-13-10-17(19)11-14-22/h15-19,24H,4-8,10-11,13-14H2,1-3H3. The van der Waals surface area contributed by atoms with Gasteiger partial charge in [0.05, 0.1) is 0 Å². The Morgan fingerprint density at radius 3 is 2.36 bits per heavy atom. The summed E-state index contributed by atoms with van der Waals surface area (Å²) in [7, 11) is 0. The van der Waals surface area contributed by atoms with Crippen molar-refractivity contribution in [1.82, 2.24) is 4.90 Å². The topological polar surface area (TPSA) is 49.8 Å². The van der Waals surface area contributed by atoms with E-state index in [-0.39, 0.29) is 24.0 Å². The molecule has 4 nitrogen and oxygen atoms in total. The number of fused-ring (bicyclic) bond motifs is 3. The summed E-state index contributed by atoms with van der Waals surface area (Å²) in [6, 6.07) is 0.241. The summed E-state index contributed by atoms with van der Waals surface area (Å²) in [4.78, 5) is 15.5. The first-order valence-corrected chi connectivity index (χ1v) is 10.1. The van der Waals surface area contributed by atoms with Crippen molar-refractivity contribution in [2.45, 2.75) is 83.5 Å². The minimum atomic E-state index is -1.64. The molecule has 3 saturated heterocycles. The third-order valence-electron chi connectivity index (χ3n) is 6.39. The van der Waals surface area contributed by atoms with E-state index in [2.05, 4.69) is 23.7 Å². The monoisotopic (exact) mass is 347 g/mol. The van der Waals surface area contributed by atoms with Crippen molar-refractivity contribution < 1.29 is 14.6 Å². The molecular formula is C21H33NO3. The SMILES string of the molecule is CC(C)C#CC(O)(C(=O)OC1C2CCN(CC2)C1C)C1CCCCC1. The van der Waals surface area contributed by atoms with Crippen LogP contribution in [0.3, 0.4) is 0 Å². The lowest BCUT2D eigenvalue weighted by Gasteiger charge is -2.49. The van der Waals surface area contributed by atoms with Crippen LogP contribution in [0.1, 0.15) is 65.7 Å². The van der Waals surface area contributed by atoms with Crippen molar-refractivity contribution in [3.8, 4) is 11.8 Å². The number of ether oxygens (including phenoxy) is 1. The van der Waals surface area contributed by atoms with E-state index in [1.807, 2.05) is 13.8 Å². The summed E-state index contributed by atoms with van der Waals surface area (Å²) in [6.45, 7) is 8.30. The summed E-state index contributed by atoms with van der Waals surface area (Å²) in [5.74, 6) is 5.92. The molecule has 25 heavy (non-hydrogen) atoms. The second kappa shape index (κ2) is 7.68. The van der Waals surface area contributed by atoms with Gasteiger partial charge in [-0.05, 0) is 51.6 Å². The van der Waals surface area contributed by atoms with Gasteiger partial charge in [0.15, 0.2) is 0 Å². The van der Waals surface area contributed by atoms with Crippen molar-refractivity contribution in [3.63, 3.8) is 0 Å². The lowest BCUT2D eigenvalue weighted by Crippen LogP contribution is -2.59. The van der Waals surface area contributed by atoms with Crippen LogP contribution in [0.5, 0.6) is 0 Å². The minimum absolute atomic E-state index is 0.101. The lowest BCUT2D eigenvalue weighted by atomic mass is 9.76. The summed E-state index contributed by atoms with van der Waals surface area (Å²) < 4.78 is 5.96. The first-order valence-electron chi connectivity index (χ1n) is 10.1. The number of nitrogens with zero attached hydrogens (tertiary/aromatic N) is 1. The zero-order chi connectivity index (χ0) is 18.0. The molecule has 4 aliphatic rings. The zero-order valence-corrected chi connectivity index (χ0v) is 16.0. The van der Waals surface area contributed by atoms with Crippen molar-refractivity contribution in [1.29, 1.82) is 0 Å². The Hall–Kier alpha value is -1.05. The lowest BCUT2D eigenvalue weighted by molar-refractivity contribution is -0.185. The molecule has 1 N–H and O–H groups in total. The molecule has 3 atom stereocenters. The fourth-order valence-electron chi connectivity index (χ4n) is 4.76. The van der Waals surface area contributed by atoms with Crippen molar-refractivity contribution >= 4 is 5.97 Å². The van der Waals surface area contributed by atoms with E-state index < -0.39 is 11.6 Å². The van der Waals surface area contributed by atoms with Crippen LogP contribution >= 0.6 is 0 Å². The van der Waals surface area contributed by atoms with E-state index in [1.165, 1.54) is 6.42 Å². The highest BCUT2D eigenvalue weighted by atomic mass is 16.6. The molecule has 0 aromatic carbocycles. The zero-order valence-electron chi connectivity index (χ0n) is 16.0. The van der Waals surface area contributed by atoms with Gasteiger partial charge in [0.2, 0.25) is 5.60 Å². The first-order chi connectivity index (χ1) is 11.9. The molecule has 0 aromatic heterocycles. The highest BCUT2D eigenvalue weighted by Crippen LogP contribution is 2.37. The largest absolute Gasteiger partial charge is 0.458 e. The molecule has 0 spiro atoms. The molecule has 0 radical (unpaired) electrons. The molecule has 3 heterocycles. The van der Waals surface area contributed by atoms with E-state index in [4.69, 9.17) is 4.74 Å². The molecule has 3 unspecified atom stereocenters. The van der Waals surface area contributed by atoms with Crippen LogP contribution in [0.25, 0.3) is 0 Å². The van der Waals surface area contributed by atoms with Gasteiger partial charge in [0.1, 0.15) is 6.10 Å². The molecular weight excluding hydrogens is 314 g/mol. The molecule has 4 rings (SSSR count). The molecule has 4 heteroatoms. The van der Waals surface area contributed by atoms with Crippen LogP contribution in [0.4, 0.5) is 0 Å². The Bertz CT molecular complexity index is 533. The predicted octanol–water partition coefficient (Wildman–Crippen LogP) is 2.98. The van der Waals surface area contributed by atoms with Crippen molar-refractivity contribution in [3.05, 3.63) is 0 Å². The Morgan fingerprint density at radius 2 is 1.80 bits per heavy atom. The number of rotatable bonds is 3. The summed E-state index contributed by atoms with van der Waals surface area (Å²) in [5.41, 5.74) is -1.64. The van der Waals surface area contributed by atoms with Crippen LogP contribution in [-0.2, 0) is 9.53 Å². The average Bonchev–Trinajstić information content (AvgIpc) is 2.63. The van der Waals surface area contributed by atoms with E-state index in [0.717, 1.165) is 51.6 Å². The van der Waals surface area contributed by atoms with E-state index in [1.54, 1.807) is 0 Å². The Kier molecular flexibility index (Phi) is 5.75. The number of piperidine rings is 3. The number of hydrogen-bond acceptors (Lipinski definition) is 4. The second-order valence-corrected chi connectivity index (χ2v) is 8.51. The second-order valence-electron chi connectivity index (χ2n) is 8.51. The van der Waals surface area contributed by atoms with Gasteiger partial charge in [0.25, 0.3) is 0 Å². The fraction of sp³-hybridized carbons (Fsp3) is 0.857. The van der Waals surface area contributed by atoms with Crippen molar-refractivity contribution in [2.24, 2.45) is 17.8 Å². The number of carbonyl (C=O) groups excluding carboxylic acids is 1. The fourth-order valence-corrected chi connectivity index (χ4v) is 4.76. The first kappa shape index (κ1) is 18.7. The maximum absolute atomic E-state index is 13.1. The maximum atomic E-state index is 13.1. The van der Waals surface area contributed by atoms with Crippen LogP contribution in [0, 0.1) is 29.6 Å². The molecule has 3 aliphatic heterocycles. The van der Waals surface area contributed by atoms with Crippen molar-refractivity contribution in [2.75, 3.05) is 13.1 Å². The molecule has 140 valence electrons. The van der Waals surface area contributed by atoms with Gasteiger partial charge in [-0.2, -0.15) is 0 Å². The number of carbonyl (C=O) groups is 1. The van der Waals surface area contributed by atoms with Crippen LogP contribution < -0.4 is 0 Å². The molecule has 4 fully saturated rings. The minimum Gasteiger partial charge on any atom is -0.458 e. The molecule has 0 amide bonds. The third-order valence-corrected chi connectivity index (χ3v) is 6.39. The third kappa shape index (κ3) is 3.88. The molecule has 1 saturated carbocycles. The molecule has 2 bridgehead atoms. The summed E-state index contributed by atoms with van der Waals surface area (Å²) >= 11 is 0. The molecule has 1 aliphatic carbocycles. The Morgan fingerprint density at radius 1 is 1.16 bits per heavy atom. The van der Waals surface area contributed by atoms with Gasteiger partial charge < -0.3 is 9.84 Å². The van der Waals surface area contributed by atoms with Crippen LogP contribution in [0.15, 0.2) is 0 Å². The Balaban J connectivity index is 1.78. The number of esters is 1. The van der Waals surface area contributed by atoms with E-state index in [9.17, 15) is 9.90 Å². The van der Waals surface area contributed by atoms with Crippen LogP contribution in [0.2, 0.25) is 0 Å². The number of hydrogen-bond donors (Lipinski definition) is 1. The highest BCUT2D eigenvalue weighted by Gasteiger charge is 2.49. The van der Waals surface area contributed by atoms with Gasteiger partial charge in [0, 0.05) is 17.9 Å². The molecule has 0 aromatic rings. The smallest absolute Gasteiger partial charge is 0.351 e. The van der Waals surface area contributed by atoms with Gasteiger partial charge in [-0.15, -0.1) is 0 Å². The van der Waals surface area contributed by atoms with Crippen LogP contribution in [-0.4, -0.2) is 46.8 Å². The van der Waals surface area contributed by atoms with Gasteiger partial charge in [-0.25, -0.2) is 4.79 Å². The van der Waals surface area contributed by atoms with Gasteiger partial charge in [-0.3, -0.25) is 4.90 Å². The maximum Gasteiger partial charge on any atom is 0.351 e. The summed E-state index contributed by atoms with van der Waals surface area (Å²) in [6.07, 6.45) is 7.06. The van der Waals surface area contributed by atoms with Gasteiger partial charge >= 0.3 is 5.97 Å². The number of aliphatic hydroxyl groups is 1. The predicted molar refractivity (Wildman–Crippen MR) is 97.8 cm³/mol. The average molecular weight is 347 g/mol. The normalized spacial score (nSPS) is 34.9. The quantitative estimate of drug-likeness (QED) is 0.630. The Labute approximate surface area is 152 Å². The highest BCUT2D eigenvalue weighted by molar-refractivity contribution is 5.84.